The highest BCUT2D eigenvalue weighted by Gasteiger charge is 2.25. The lowest BCUT2D eigenvalue weighted by Gasteiger charge is -2.28. The summed E-state index contributed by atoms with van der Waals surface area (Å²) in [4.78, 5) is 13.7. The van der Waals surface area contributed by atoms with Crippen LogP contribution in [0.1, 0.15) is 10.9 Å². The van der Waals surface area contributed by atoms with Gasteiger partial charge in [-0.25, -0.2) is 4.39 Å². The van der Waals surface area contributed by atoms with Crippen molar-refractivity contribution in [2.75, 3.05) is 26.3 Å². The maximum absolute atomic E-state index is 13.0. The van der Waals surface area contributed by atoms with Crippen molar-refractivity contribution in [1.82, 2.24) is 4.90 Å². The summed E-state index contributed by atoms with van der Waals surface area (Å²) in [7, 11) is 0. The molecule has 0 saturated carbocycles. The number of morpholine rings is 1. The molecule has 17 heavy (non-hydrogen) atoms. The summed E-state index contributed by atoms with van der Waals surface area (Å²) in [6, 6.07) is 5.81. The molecule has 92 valence electrons. The number of rotatable bonds is 2. The van der Waals surface area contributed by atoms with Crippen molar-refractivity contribution in [3.63, 3.8) is 0 Å². The largest absolute Gasteiger partial charge is 0.378 e. The van der Waals surface area contributed by atoms with Gasteiger partial charge in [0.05, 0.1) is 13.2 Å². The molecule has 0 aromatic heterocycles. The first-order valence-electron chi connectivity index (χ1n) is 5.44. The number of nitrogens with zero attached hydrogens (tertiary/aromatic N) is 1. The van der Waals surface area contributed by atoms with E-state index in [2.05, 4.69) is 0 Å². The fourth-order valence-corrected chi connectivity index (χ4v) is 2.02. The van der Waals surface area contributed by atoms with E-state index in [-0.39, 0.29) is 11.7 Å². The zero-order valence-corrected chi connectivity index (χ0v) is 9.99. The molecule has 1 unspecified atom stereocenters. The molecule has 0 aliphatic carbocycles. The van der Waals surface area contributed by atoms with Crippen LogP contribution in [0.15, 0.2) is 24.3 Å². The Hall–Kier alpha value is -1.13. The van der Waals surface area contributed by atoms with Crippen LogP contribution in [-0.2, 0) is 9.53 Å². The van der Waals surface area contributed by atoms with Crippen molar-refractivity contribution >= 4 is 17.5 Å². The molecule has 0 bridgehead atoms. The van der Waals surface area contributed by atoms with Crippen LogP contribution in [0, 0.1) is 5.82 Å². The van der Waals surface area contributed by atoms with E-state index in [0.717, 1.165) is 0 Å². The summed E-state index contributed by atoms with van der Waals surface area (Å²) < 4.78 is 18.2. The third-order valence-corrected chi connectivity index (χ3v) is 3.12. The van der Waals surface area contributed by atoms with Crippen LogP contribution < -0.4 is 0 Å². The second-order valence-corrected chi connectivity index (χ2v) is 4.29. The Balaban J connectivity index is 2.08. The Bertz CT molecular complexity index is 407. The number of amides is 1. The topological polar surface area (TPSA) is 29.5 Å². The fourth-order valence-electron chi connectivity index (χ4n) is 1.75. The first-order chi connectivity index (χ1) is 8.18. The Morgan fingerprint density at radius 2 is 2.12 bits per heavy atom. The Kier molecular flexibility index (Phi) is 3.97. The van der Waals surface area contributed by atoms with Crippen molar-refractivity contribution in [3.05, 3.63) is 35.6 Å². The van der Waals surface area contributed by atoms with E-state index in [1.807, 2.05) is 0 Å². The minimum atomic E-state index is -0.830. The van der Waals surface area contributed by atoms with Gasteiger partial charge < -0.3 is 9.64 Å². The normalized spacial score (nSPS) is 17.9. The monoisotopic (exact) mass is 257 g/mol. The molecule has 0 spiro atoms. The molecule has 2 rings (SSSR count). The number of hydrogen-bond acceptors (Lipinski definition) is 2. The number of carbonyl (C=O) groups is 1. The molecule has 1 atom stereocenters. The molecule has 0 N–H and O–H groups in total. The van der Waals surface area contributed by atoms with Gasteiger partial charge in [0.15, 0.2) is 0 Å². The van der Waals surface area contributed by atoms with E-state index >= 15 is 0 Å². The number of ether oxygens (including phenoxy) is 1. The average molecular weight is 258 g/mol. The second-order valence-electron chi connectivity index (χ2n) is 3.86. The van der Waals surface area contributed by atoms with E-state index in [4.69, 9.17) is 16.3 Å². The molecule has 1 saturated heterocycles. The highest BCUT2D eigenvalue weighted by Crippen LogP contribution is 2.23. The molecule has 5 heteroatoms. The van der Waals surface area contributed by atoms with Crippen LogP contribution in [0.3, 0.4) is 0 Å². The van der Waals surface area contributed by atoms with E-state index in [0.29, 0.717) is 31.9 Å². The van der Waals surface area contributed by atoms with E-state index in [1.165, 1.54) is 12.1 Å². The van der Waals surface area contributed by atoms with Crippen LogP contribution in [0.25, 0.3) is 0 Å². The molecule has 1 aromatic rings. The first kappa shape index (κ1) is 12.3. The molecule has 1 fully saturated rings. The smallest absolute Gasteiger partial charge is 0.245 e. The van der Waals surface area contributed by atoms with Gasteiger partial charge in [0.2, 0.25) is 5.91 Å². The molecule has 1 heterocycles. The molecule has 1 aromatic carbocycles. The van der Waals surface area contributed by atoms with Gasteiger partial charge in [0, 0.05) is 13.1 Å². The minimum Gasteiger partial charge on any atom is -0.378 e. The predicted molar refractivity (Wildman–Crippen MR) is 62.4 cm³/mol. The number of carbonyl (C=O) groups excluding carboxylic acids is 1. The molecule has 3 nitrogen and oxygen atoms in total. The standard InChI is InChI=1S/C12H13ClFNO2/c13-11(9-2-1-3-10(14)8-9)12(16)15-4-6-17-7-5-15/h1-3,8,11H,4-7H2. The fraction of sp³-hybridized carbons (Fsp3) is 0.417. The van der Waals surface area contributed by atoms with Crippen LogP contribution in [0.4, 0.5) is 4.39 Å². The van der Waals surface area contributed by atoms with Crippen LogP contribution >= 0.6 is 11.6 Å². The molecular formula is C12H13ClFNO2. The zero-order chi connectivity index (χ0) is 12.3. The van der Waals surface area contributed by atoms with Gasteiger partial charge in [0.1, 0.15) is 11.2 Å². The van der Waals surface area contributed by atoms with Crippen LogP contribution in [0.5, 0.6) is 0 Å². The number of alkyl halides is 1. The van der Waals surface area contributed by atoms with Crippen LogP contribution in [0.2, 0.25) is 0 Å². The minimum absolute atomic E-state index is 0.194. The maximum Gasteiger partial charge on any atom is 0.245 e. The third-order valence-electron chi connectivity index (χ3n) is 2.68. The Morgan fingerprint density at radius 3 is 2.76 bits per heavy atom. The van der Waals surface area contributed by atoms with Gasteiger partial charge in [-0.1, -0.05) is 12.1 Å². The maximum atomic E-state index is 13.0. The average Bonchev–Trinajstić information content (AvgIpc) is 2.38. The lowest BCUT2D eigenvalue weighted by atomic mass is 10.1. The highest BCUT2D eigenvalue weighted by molar-refractivity contribution is 6.30. The molecule has 1 aliphatic heterocycles. The quantitative estimate of drug-likeness (QED) is 0.758. The van der Waals surface area contributed by atoms with E-state index < -0.39 is 5.38 Å². The third kappa shape index (κ3) is 2.96. The zero-order valence-electron chi connectivity index (χ0n) is 9.23. The number of hydrogen-bond donors (Lipinski definition) is 0. The first-order valence-corrected chi connectivity index (χ1v) is 5.88. The number of benzene rings is 1. The van der Waals surface area contributed by atoms with Crippen LogP contribution in [-0.4, -0.2) is 37.1 Å². The summed E-state index contributed by atoms with van der Waals surface area (Å²) >= 11 is 6.06. The summed E-state index contributed by atoms with van der Waals surface area (Å²) in [5, 5.41) is -0.830. The summed E-state index contributed by atoms with van der Waals surface area (Å²) in [5.74, 6) is -0.580. The van der Waals surface area contributed by atoms with Crippen molar-refractivity contribution in [2.24, 2.45) is 0 Å². The molecular weight excluding hydrogens is 245 g/mol. The second kappa shape index (κ2) is 5.47. The summed E-state index contributed by atoms with van der Waals surface area (Å²) in [5.41, 5.74) is 0.489. The van der Waals surface area contributed by atoms with Gasteiger partial charge in [-0.3, -0.25) is 4.79 Å². The number of halogens is 2. The summed E-state index contributed by atoms with van der Waals surface area (Å²) in [6.45, 7) is 2.13. The van der Waals surface area contributed by atoms with Crippen molar-refractivity contribution < 1.29 is 13.9 Å². The Labute approximate surface area is 104 Å². The van der Waals surface area contributed by atoms with E-state index in [1.54, 1.807) is 17.0 Å². The SMILES string of the molecule is O=C(C(Cl)c1cccc(F)c1)N1CCOCC1. The van der Waals surface area contributed by atoms with Gasteiger partial charge in [0.25, 0.3) is 0 Å². The van der Waals surface area contributed by atoms with Crippen molar-refractivity contribution in [3.8, 4) is 0 Å². The van der Waals surface area contributed by atoms with Gasteiger partial charge in [-0.2, -0.15) is 0 Å². The lowest BCUT2D eigenvalue weighted by molar-refractivity contribution is -0.134. The Morgan fingerprint density at radius 1 is 1.41 bits per heavy atom. The van der Waals surface area contributed by atoms with E-state index in [9.17, 15) is 9.18 Å². The predicted octanol–water partition coefficient (Wildman–Crippen LogP) is 1.96. The van der Waals surface area contributed by atoms with Gasteiger partial charge in [-0.15, -0.1) is 11.6 Å². The molecule has 0 radical (unpaired) electrons. The molecule has 1 amide bonds. The van der Waals surface area contributed by atoms with Gasteiger partial charge >= 0.3 is 0 Å². The van der Waals surface area contributed by atoms with Crippen molar-refractivity contribution in [1.29, 1.82) is 0 Å². The van der Waals surface area contributed by atoms with Gasteiger partial charge in [-0.05, 0) is 17.7 Å². The lowest BCUT2D eigenvalue weighted by Crippen LogP contribution is -2.42. The summed E-state index contributed by atoms with van der Waals surface area (Å²) in [6.07, 6.45) is 0. The van der Waals surface area contributed by atoms with Crippen molar-refractivity contribution in [2.45, 2.75) is 5.38 Å². The highest BCUT2D eigenvalue weighted by atomic mass is 35.5. The molecule has 1 aliphatic rings.